The standard InChI is InChI=1S/C13H23NO3S2/c1-2-3-4-5-6-7-9-17-13(18)14-12-8-10-19(15,16)11-12/h8,10,12H,2-7,9,11H2,1H3,(H,14,18). The molecule has 0 fully saturated rings. The Bertz CT molecular complexity index is 404. The summed E-state index contributed by atoms with van der Waals surface area (Å²) in [6.45, 7) is 2.80. The second-order valence-corrected chi connectivity index (χ2v) is 7.11. The molecule has 0 aliphatic carbocycles. The average molecular weight is 305 g/mol. The van der Waals surface area contributed by atoms with Crippen LogP contribution in [0.4, 0.5) is 0 Å². The first-order chi connectivity index (χ1) is 9.03. The molecule has 1 aliphatic heterocycles. The Labute approximate surface area is 121 Å². The van der Waals surface area contributed by atoms with Crippen LogP contribution in [0.1, 0.15) is 45.4 Å². The van der Waals surface area contributed by atoms with Crippen LogP contribution in [-0.4, -0.2) is 32.0 Å². The van der Waals surface area contributed by atoms with Crippen LogP contribution in [0, 0.1) is 0 Å². The molecule has 1 N–H and O–H groups in total. The Morgan fingerprint density at radius 3 is 2.63 bits per heavy atom. The SMILES string of the molecule is CCCCCCCCOC(=S)NC1C=CS(=O)(=O)C1. The molecule has 0 bridgehead atoms. The van der Waals surface area contributed by atoms with Gasteiger partial charge in [-0.1, -0.05) is 39.0 Å². The Morgan fingerprint density at radius 2 is 2.00 bits per heavy atom. The van der Waals surface area contributed by atoms with Crippen LogP contribution >= 0.6 is 12.2 Å². The van der Waals surface area contributed by atoms with Crippen molar-refractivity contribution < 1.29 is 13.2 Å². The fourth-order valence-electron chi connectivity index (χ4n) is 1.91. The number of nitrogens with one attached hydrogen (secondary N) is 1. The molecule has 4 nitrogen and oxygen atoms in total. The fourth-order valence-corrected chi connectivity index (χ4v) is 3.38. The molecule has 19 heavy (non-hydrogen) atoms. The van der Waals surface area contributed by atoms with E-state index in [0.29, 0.717) is 11.8 Å². The number of unbranched alkanes of at least 4 members (excludes halogenated alkanes) is 5. The highest BCUT2D eigenvalue weighted by Gasteiger charge is 2.22. The van der Waals surface area contributed by atoms with Crippen LogP contribution < -0.4 is 5.32 Å². The number of rotatable bonds is 8. The maximum Gasteiger partial charge on any atom is 0.257 e. The maximum absolute atomic E-state index is 11.2. The first kappa shape index (κ1) is 16.4. The molecule has 110 valence electrons. The second-order valence-electron chi connectivity index (χ2n) is 4.81. The summed E-state index contributed by atoms with van der Waals surface area (Å²) >= 11 is 5.02. The topological polar surface area (TPSA) is 55.4 Å². The first-order valence-electron chi connectivity index (χ1n) is 6.88. The van der Waals surface area contributed by atoms with Gasteiger partial charge < -0.3 is 10.1 Å². The van der Waals surface area contributed by atoms with E-state index in [2.05, 4.69) is 12.2 Å². The van der Waals surface area contributed by atoms with Crippen LogP contribution in [0.15, 0.2) is 11.5 Å². The van der Waals surface area contributed by atoms with Crippen molar-refractivity contribution in [2.75, 3.05) is 12.4 Å². The Balaban J connectivity index is 2.02. The van der Waals surface area contributed by atoms with E-state index >= 15 is 0 Å². The van der Waals surface area contributed by atoms with Gasteiger partial charge in [-0.3, -0.25) is 0 Å². The molecule has 1 unspecified atom stereocenters. The molecular formula is C13H23NO3S2. The van der Waals surface area contributed by atoms with Gasteiger partial charge in [0.25, 0.3) is 5.17 Å². The van der Waals surface area contributed by atoms with Crippen molar-refractivity contribution >= 4 is 27.2 Å². The number of sulfone groups is 1. The van der Waals surface area contributed by atoms with Crippen molar-refractivity contribution in [2.45, 2.75) is 51.5 Å². The van der Waals surface area contributed by atoms with Gasteiger partial charge in [0.1, 0.15) is 0 Å². The summed E-state index contributed by atoms with van der Waals surface area (Å²) in [6, 6.07) is -0.248. The first-order valence-corrected chi connectivity index (χ1v) is 9.00. The van der Waals surface area contributed by atoms with Gasteiger partial charge in [0.05, 0.1) is 18.4 Å². The zero-order chi connectivity index (χ0) is 14.1. The van der Waals surface area contributed by atoms with E-state index in [1.54, 1.807) is 6.08 Å². The fraction of sp³-hybridized carbons (Fsp3) is 0.769. The van der Waals surface area contributed by atoms with Crippen molar-refractivity contribution in [3.63, 3.8) is 0 Å². The number of hydrogen-bond acceptors (Lipinski definition) is 4. The average Bonchev–Trinajstić information content (AvgIpc) is 2.67. The highest BCUT2D eigenvalue weighted by Crippen LogP contribution is 2.08. The molecule has 1 atom stereocenters. The van der Waals surface area contributed by atoms with E-state index in [0.717, 1.165) is 12.8 Å². The largest absolute Gasteiger partial charge is 0.471 e. The minimum Gasteiger partial charge on any atom is -0.471 e. The third kappa shape index (κ3) is 7.52. The molecule has 1 rings (SSSR count). The molecule has 0 aromatic carbocycles. The quantitative estimate of drug-likeness (QED) is 0.552. The van der Waals surface area contributed by atoms with E-state index in [-0.39, 0.29) is 11.8 Å². The lowest BCUT2D eigenvalue weighted by atomic mass is 10.1. The zero-order valence-corrected chi connectivity index (χ0v) is 13.1. The lowest BCUT2D eigenvalue weighted by Crippen LogP contribution is -2.35. The van der Waals surface area contributed by atoms with E-state index in [1.807, 2.05) is 0 Å². The van der Waals surface area contributed by atoms with Gasteiger partial charge in [-0.15, -0.1) is 0 Å². The highest BCUT2D eigenvalue weighted by atomic mass is 32.2. The second kappa shape index (κ2) is 8.53. The molecule has 6 heteroatoms. The minimum atomic E-state index is -3.04. The molecule has 1 heterocycles. The molecule has 0 aromatic rings. The third-order valence-corrected chi connectivity index (χ3v) is 4.60. The molecule has 0 radical (unpaired) electrons. The van der Waals surface area contributed by atoms with Gasteiger partial charge in [-0.05, 0) is 24.7 Å². The van der Waals surface area contributed by atoms with Gasteiger partial charge in [0.15, 0.2) is 9.84 Å². The zero-order valence-electron chi connectivity index (χ0n) is 11.4. The summed E-state index contributed by atoms with van der Waals surface area (Å²) in [5, 5.41) is 4.40. The Hall–Kier alpha value is -0.620. The summed E-state index contributed by atoms with van der Waals surface area (Å²) < 4.78 is 27.8. The number of thiocarbonyl (C=S) groups is 1. The van der Waals surface area contributed by atoms with Crippen molar-refractivity contribution in [3.05, 3.63) is 11.5 Å². The monoisotopic (exact) mass is 305 g/mol. The Kier molecular flexibility index (Phi) is 7.38. The van der Waals surface area contributed by atoms with E-state index < -0.39 is 9.84 Å². The van der Waals surface area contributed by atoms with Gasteiger partial charge in [0, 0.05) is 5.41 Å². The van der Waals surface area contributed by atoms with E-state index in [4.69, 9.17) is 17.0 Å². The van der Waals surface area contributed by atoms with Crippen LogP contribution in [0.2, 0.25) is 0 Å². The maximum atomic E-state index is 11.2. The van der Waals surface area contributed by atoms with Gasteiger partial charge in [0.2, 0.25) is 0 Å². The van der Waals surface area contributed by atoms with E-state index in [9.17, 15) is 8.42 Å². The summed E-state index contributed by atoms with van der Waals surface area (Å²) in [5.41, 5.74) is 0. The molecule has 0 spiro atoms. The summed E-state index contributed by atoms with van der Waals surface area (Å²) in [4.78, 5) is 0. The summed E-state index contributed by atoms with van der Waals surface area (Å²) in [5.74, 6) is 0.0630. The summed E-state index contributed by atoms with van der Waals surface area (Å²) in [6.07, 6.45) is 8.82. The minimum absolute atomic E-state index is 0.0630. The third-order valence-electron chi connectivity index (χ3n) is 2.96. The van der Waals surface area contributed by atoms with E-state index in [1.165, 1.54) is 31.1 Å². The van der Waals surface area contributed by atoms with Crippen molar-refractivity contribution in [1.29, 1.82) is 0 Å². The van der Waals surface area contributed by atoms with Gasteiger partial charge in [-0.25, -0.2) is 8.42 Å². The molecule has 0 aromatic heterocycles. The summed E-state index contributed by atoms with van der Waals surface area (Å²) in [7, 11) is -3.04. The van der Waals surface area contributed by atoms with Crippen molar-refractivity contribution in [2.24, 2.45) is 0 Å². The smallest absolute Gasteiger partial charge is 0.257 e. The molecule has 0 saturated carbocycles. The van der Waals surface area contributed by atoms with Crippen LogP contribution in [0.3, 0.4) is 0 Å². The van der Waals surface area contributed by atoms with Gasteiger partial charge >= 0.3 is 0 Å². The molecular weight excluding hydrogens is 282 g/mol. The Morgan fingerprint density at radius 1 is 1.32 bits per heavy atom. The lowest BCUT2D eigenvalue weighted by Gasteiger charge is -2.13. The van der Waals surface area contributed by atoms with Crippen LogP contribution in [0.5, 0.6) is 0 Å². The number of ether oxygens (including phenoxy) is 1. The highest BCUT2D eigenvalue weighted by molar-refractivity contribution is 7.94. The van der Waals surface area contributed by atoms with Crippen molar-refractivity contribution in [1.82, 2.24) is 5.32 Å². The molecule has 1 aliphatic rings. The van der Waals surface area contributed by atoms with Crippen molar-refractivity contribution in [3.8, 4) is 0 Å². The predicted octanol–water partition coefficient (Wildman–Crippen LogP) is 2.55. The number of hydrogen-bond donors (Lipinski definition) is 1. The normalized spacial score (nSPS) is 20.4. The molecule has 0 amide bonds. The lowest BCUT2D eigenvalue weighted by molar-refractivity contribution is 0.285. The molecule has 0 saturated heterocycles. The van der Waals surface area contributed by atoms with Gasteiger partial charge in [-0.2, -0.15) is 0 Å². The predicted molar refractivity (Wildman–Crippen MR) is 81.8 cm³/mol. The van der Waals surface area contributed by atoms with Crippen LogP contribution in [0.25, 0.3) is 0 Å². The van der Waals surface area contributed by atoms with Crippen LogP contribution in [-0.2, 0) is 14.6 Å².